The van der Waals surface area contributed by atoms with Crippen molar-refractivity contribution in [3.8, 4) is 11.5 Å². The minimum Gasteiger partial charge on any atom is -1.00 e. The van der Waals surface area contributed by atoms with Crippen LogP contribution in [0.5, 0.6) is 11.5 Å². The fraction of sp³-hybridized carbons (Fsp3) is 0.714. The van der Waals surface area contributed by atoms with E-state index in [1.165, 1.54) is 140 Å². The molecule has 2 aromatic carbocycles. The van der Waals surface area contributed by atoms with Crippen molar-refractivity contribution in [3.63, 3.8) is 0 Å². The van der Waals surface area contributed by atoms with E-state index in [4.69, 9.17) is 11.5 Å². The van der Waals surface area contributed by atoms with Crippen LogP contribution >= 0.6 is 0 Å². The van der Waals surface area contributed by atoms with Gasteiger partial charge >= 0.3 is 37.7 Å². The summed E-state index contributed by atoms with van der Waals surface area (Å²) in [6, 6.07) is 11.5. The van der Waals surface area contributed by atoms with Gasteiger partial charge in [0.15, 0.2) is 0 Å². The Balaban J connectivity index is -0.000000853. The first-order valence-electron chi connectivity index (χ1n) is 19.9. The topological polar surface area (TPSA) is 122 Å². The largest absolute Gasteiger partial charge is 2.00 e. The van der Waals surface area contributed by atoms with Crippen LogP contribution in [-0.2, 0) is 25.9 Å². The molecular formula is C42H76CaN4O2-2. The van der Waals surface area contributed by atoms with Crippen LogP contribution in [0.1, 0.15) is 167 Å². The Labute approximate surface area is 335 Å². The molecule has 2 rings (SSSR count). The molecule has 0 unspecified atom stereocenters. The van der Waals surface area contributed by atoms with Gasteiger partial charge in [-0.3, -0.25) is 0 Å². The molecule has 6 N–H and O–H groups in total. The van der Waals surface area contributed by atoms with E-state index in [1.54, 1.807) is 12.1 Å². The molecule has 6 nitrogen and oxygen atoms in total. The van der Waals surface area contributed by atoms with E-state index < -0.39 is 0 Å². The third-order valence-electron chi connectivity index (χ3n) is 9.16. The van der Waals surface area contributed by atoms with Crippen molar-refractivity contribution in [1.82, 2.24) is 10.6 Å². The first kappa shape index (κ1) is 48.1. The van der Waals surface area contributed by atoms with E-state index in [0.717, 1.165) is 37.1 Å². The van der Waals surface area contributed by atoms with Crippen molar-refractivity contribution in [2.75, 3.05) is 26.2 Å². The fourth-order valence-electron chi connectivity index (χ4n) is 6.14. The molecule has 2 aromatic rings. The standard InChI is InChI=1S/2C21H38N2O.Ca.2H/c2*1-2-3-4-5-6-7-8-9-10-11-12-19-13-14-21(24)20(17-19)18-23-16-15-22;;;/h2*13-14,17,23-24H,2-12,15-16,18,22H2,1H3;;;/q;;+2;2*-1/p-2. The molecule has 0 aliphatic carbocycles. The summed E-state index contributed by atoms with van der Waals surface area (Å²) in [7, 11) is 0. The second kappa shape index (κ2) is 35.5. The number of hydrogen-bond donors (Lipinski definition) is 4. The van der Waals surface area contributed by atoms with Crippen LogP contribution in [0, 0.1) is 0 Å². The van der Waals surface area contributed by atoms with Gasteiger partial charge < -0.3 is 35.2 Å². The zero-order valence-corrected chi connectivity index (χ0v) is 34.1. The van der Waals surface area contributed by atoms with Gasteiger partial charge in [-0.2, -0.15) is 0 Å². The van der Waals surface area contributed by atoms with Gasteiger partial charge in [0.05, 0.1) is 0 Å². The maximum atomic E-state index is 11.8. The van der Waals surface area contributed by atoms with Crippen molar-refractivity contribution in [2.24, 2.45) is 11.5 Å². The van der Waals surface area contributed by atoms with E-state index in [0.29, 0.717) is 26.2 Å². The Hall–Kier alpha value is -0.860. The number of benzene rings is 2. The predicted octanol–water partition coefficient (Wildman–Crippen LogP) is 8.39. The molecule has 0 atom stereocenters. The van der Waals surface area contributed by atoms with E-state index >= 15 is 0 Å². The second-order valence-corrected chi connectivity index (χ2v) is 13.7. The first-order valence-corrected chi connectivity index (χ1v) is 19.9. The van der Waals surface area contributed by atoms with Crippen molar-refractivity contribution in [3.05, 3.63) is 58.7 Å². The quantitative estimate of drug-likeness (QED) is 0.0478. The first-order chi connectivity index (χ1) is 23.5. The molecule has 0 saturated carbocycles. The SMILES string of the molecule is CCCCCCCCCCCCc1ccc([O-])c(CNCCN)c1.CCCCCCCCCCCCc1ccc([O-])c(CNCCN)c1.[Ca+2].[H-].[H-]. The van der Waals surface area contributed by atoms with Crippen LogP contribution in [0.2, 0.25) is 0 Å². The average Bonchev–Trinajstić information content (AvgIpc) is 3.09. The van der Waals surface area contributed by atoms with Gasteiger partial charge in [0.2, 0.25) is 0 Å². The maximum absolute atomic E-state index is 11.8. The van der Waals surface area contributed by atoms with E-state index in [-0.39, 0.29) is 52.1 Å². The molecule has 0 aliphatic heterocycles. The zero-order chi connectivity index (χ0) is 34.9. The van der Waals surface area contributed by atoms with Crippen LogP contribution in [0.3, 0.4) is 0 Å². The van der Waals surface area contributed by atoms with Crippen molar-refractivity contribution in [1.29, 1.82) is 0 Å². The number of unbranched alkanes of at least 4 members (excludes halogenated alkanes) is 18. The molecule has 49 heavy (non-hydrogen) atoms. The molecule has 0 aromatic heterocycles. The number of rotatable bonds is 30. The minimum absolute atomic E-state index is 0. The third-order valence-corrected chi connectivity index (χ3v) is 9.16. The number of aryl methyl sites for hydroxylation is 2. The minimum atomic E-state index is 0. The van der Waals surface area contributed by atoms with E-state index in [9.17, 15) is 10.2 Å². The van der Waals surface area contributed by atoms with Crippen molar-refractivity contribution in [2.45, 2.75) is 168 Å². The summed E-state index contributed by atoms with van der Waals surface area (Å²) in [5.74, 6) is 0.262. The van der Waals surface area contributed by atoms with Crippen molar-refractivity contribution >= 4 is 37.7 Å². The van der Waals surface area contributed by atoms with Gasteiger partial charge in [-0.25, -0.2) is 0 Å². The van der Waals surface area contributed by atoms with Gasteiger partial charge in [0.25, 0.3) is 0 Å². The summed E-state index contributed by atoms with van der Waals surface area (Å²) in [5.41, 5.74) is 15.2. The Morgan fingerprint density at radius 1 is 0.490 bits per heavy atom. The molecule has 0 bridgehead atoms. The summed E-state index contributed by atoms with van der Waals surface area (Å²) in [5, 5.41) is 30.1. The Morgan fingerprint density at radius 2 is 0.796 bits per heavy atom. The van der Waals surface area contributed by atoms with E-state index in [1.807, 2.05) is 12.1 Å². The van der Waals surface area contributed by atoms with Crippen LogP contribution < -0.4 is 32.3 Å². The van der Waals surface area contributed by atoms with E-state index in [2.05, 4.69) is 36.6 Å². The summed E-state index contributed by atoms with van der Waals surface area (Å²) >= 11 is 0. The second-order valence-electron chi connectivity index (χ2n) is 13.7. The number of nitrogens with two attached hydrogens (primary N) is 2. The molecule has 0 saturated heterocycles. The molecule has 0 aliphatic rings. The molecule has 7 heteroatoms. The molecule has 280 valence electrons. The Kier molecular flexibility index (Phi) is 34.9. The van der Waals surface area contributed by atoms with Gasteiger partial charge in [-0.15, -0.1) is 11.5 Å². The summed E-state index contributed by atoms with van der Waals surface area (Å²) in [4.78, 5) is 0. The van der Waals surface area contributed by atoms with Crippen LogP contribution in [0.15, 0.2) is 36.4 Å². The van der Waals surface area contributed by atoms with Crippen molar-refractivity contribution < 1.29 is 13.1 Å². The van der Waals surface area contributed by atoms with Crippen LogP contribution in [-0.4, -0.2) is 63.9 Å². The number of nitrogens with one attached hydrogen (secondary N) is 2. The predicted molar refractivity (Wildman–Crippen MR) is 212 cm³/mol. The molecule has 0 fully saturated rings. The molecule has 0 amide bonds. The normalized spacial score (nSPS) is 10.9. The third kappa shape index (κ3) is 27.5. The molecule has 0 spiro atoms. The average molecular weight is 709 g/mol. The van der Waals surface area contributed by atoms with Crippen LogP contribution in [0.4, 0.5) is 0 Å². The monoisotopic (exact) mass is 709 g/mol. The van der Waals surface area contributed by atoms with Crippen LogP contribution in [0.25, 0.3) is 0 Å². The molecule has 0 radical (unpaired) electrons. The smallest absolute Gasteiger partial charge is 1.00 e. The summed E-state index contributed by atoms with van der Waals surface area (Å²) in [6.07, 6.45) is 29.4. The van der Waals surface area contributed by atoms with Gasteiger partial charge in [0, 0.05) is 39.3 Å². The zero-order valence-electron chi connectivity index (χ0n) is 33.9. The summed E-state index contributed by atoms with van der Waals surface area (Å²) < 4.78 is 0. The maximum Gasteiger partial charge on any atom is 2.00 e. The summed E-state index contributed by atoms with van der Waals surface area (Å²) in [6.45, 7) is 8.50. The Bertz CT molecular complexity index is 939. The molecular weight excluding hydrogens is 633 g/mol. The Morgan fingerprint density at radius 3 is 1.10 bits per heavy atom. The van der Waals surface area contributed by atoms with Gasteiger partial charge in [0.1, 0.15) is 0 Å². The number of hydrogen-bond acceptors (Lipinski definition) is 6. The molecule has 0 heterocycles. The van der Waals surface area contributed by atoms with Gasteiger partial charge in [-0.05, 0) is 47.9 Å². The van der Waals surface area contributed by atoms with Gasteiger partial charge in [-0.1, -0.05) is 166 Å². The fourth-order valence-corrected chi connectivity index (χ4v) is 6.14.